The summed E-state index contributed by atoms with van der Waals surface area (Å²) in [6, 6.07) is 3.71. The highest BCUT2D eigenvalue weighted by Gasteiger charge is 2.31. The molecule has 0 saturated carbocycles. The molecule has 0 aliphatic rings. The van der Waals surface area contributed by atoms with Gasteiger partial charge in [-0.1, -0.05) is 15.9 Å². The Morgan fingerprint density at radius 1 is 1.41 bits per heavy atom. The van der Waals surface area contributed by atoms with Gasteiger partial charge in [0, 0.05) is 10.9 Å². The van der Waals surface area contributed by atoms with Crippen LogP contribution < -0.4 is 4.74 Å². The summed E-state index contributed by atoms with van der Waals surface area (Å²) in [6.07, 6.45) is -4.78. The first kappa shape index (κ1) is 13.8. The quantitative estimate of drug-likeness (QED) is 0.927. The van der Waals surface area contributed by atoms with Crippen LogP contribution in [0.4, 0.5) is 13.2 Å². The number of benzene rings is 1. The van der Waals surface area contributed by atoms with Gasteiger partial charge in [0.25, 0.3) is 0 Å². The van der Waals surface area contributed by atoms with Crippen LogP contribution in [0.1, 0.15) is 12.0 Å². The molecule has 0 fully saturated rings. The van der Waals surface area contributed by atoms with E-state index in [2.05, 4.69) is 20.7 Å². The summed E-state index contributed by atoms with van der Waals surface area (Å²) >= 11 is 3.13. The van der Waals surface area contributed by atoms with Gasteiger partial charge in [-0.3, -0.25) is 4.79 Å². The van der Waals surface area contributed by atoms with Crippen molar-refractivity contribution in [2.75, 3.05) is 0 Å². The Bertz CT molecular complexity index is 418. The second kappa shape index (κ2) is 5.39. The van der Waals surface area contributed by atoms with E-state index < -0.39 is 12.3 Å². The first-order chi connectivity index (χ1) is 7.78. The molecule has 0 bridgehead atoms. The monoisotopic (exact) mass is 312 g/mol. The van der Waals surface area contributed by atoms with E-state index in [0.29, 0.717) is 10.0 Å². The van der Waals surface area contributed by atoms with Crippen LogP contribution in [0.3, 0.4) is 0 Å². The summed E-state index contributed by atoms with van der Waals surface area (Å²) < 4.78 is 40.2. The lowest BCUT2D eigenvalue weighted by molar-refractivity contribution is -0.274. The van der Waals surface area contributed by atoms with E-state index in [1.165, 1.54) is 12.1 Å². The van der Waals surface area contributed by atoms with Crippen molar-refractivity contribution < 1.29 is 27.8 Å². The molecule has 0 radical (unpaired) electrons. The predicted octanol–water partition coefficient (Wildman–Crippen LogP) is 3.36. The Labute approximate surface area is 103 Å². The van der Waals surface area contributed by atoms with Gasteiger partial charge in [-0.15, -0.1) is 13.2 Å². The van der Waals surface area contributed by atoms with Gasteiger partial charge < -0.3 is 9.84 Å². The number of aryl methyl sites for hydroxylation is 1. The molecule has 1 N–H and O–H groups in total. The summed E-state index contributed by atoms with van der Waals surface area (Å²) in [5.74, 6) is -1.37. The van der Waals surface area contributed by atoms with E-state index in [1.54, 1.807) is 0 Å². The average molecular weight is 313 g/mol. The fourth-order valence-electron chi connectivity index (χ4n) is 1.18. The highest BCUT2D eigenvalue weighted by Crippen LogP contribution is 2.28. The van der Waals surface area contributed by atoms with Gasteiger partial charge in [-0.25, -0.2) is 0 Å². The Morgan fingerprint density at radius 3 is 2.59 bits per heavy atom. The topological polar surface area (TPSA) is 46.5 Å². The maximum absolute atomic E-state index is 12.0. The third-order valence-corrected chi connectivity index (χ3v) is 2.63. The molecule has 0 heterocycles. The molecular formula is C10H8BrF3O3. The summed E-state index contributed by atoms with van der Waals surface area (Å²) in [5, 5.41) is 8.49. The summed E-state index contributed by atoms with van der Waals surface area (Å²) in [6.45, 7) is 0. The number of carboxylic acids is 1. The van der Waals surface area contributed by atoms with Gasteiger partial charge in [0.05, 0.1) is 0 Å². The molecular weight excluding hydrogens is 305 g/mol. The summed E-state index contributed by atoms with van der Waals surface area (Å²) in [4.78, 5) is 10.4. The second-order valence-corrected chi connectivity index (χ2v) is 4.05. The van der Waals surface area contributed by atoms with Crippen LogP contribution in [0, 0.1) is 0 Å². The Balaban J connectivity index is 2.83. The molecule has 0 spiro atoms. The van der Waals surface area contributed by atoms with Gasteiger partial charge in [0.15, 0.2) is 0 Å². The normalized spacial score (nSPS) is 11.3. The molecule has 0 unspecified atom stereocenters. The molecule has 94 valence electrons. The van der Waals surface area contributed by atoms with Crippen molar-refractivity contribution in [3.63, 3.8) is 0 Å². The van der Waals surface area contributed by atoms with Crippen molar-refractivity contribution in [2.45, 2.75) is 19.2 Å². The smallest absolute Gasteiger partial charge is 0.481 e. The predicted molar refractivity (Wildman–Crippen MR) is 56.8 cm³/mol. The van der Waals surface area contributed by atoms with E-state index in [-0.39, 0.29) is 18.6 Å². The van der Waals surface area contributed by atoms with Crippen molar-refractivity contribution >= 4 is 21.9 Å². The third kappa shape index (κ3) is 5.08. The van der Waals surface area contributed by atoms with Crippen LogP contribution in [-0.4, -0.2) is 17.4 Å². The van der Waals surface area contributed by atoms with Gasteiger partial charge in [-0.05, 0) is 30.2 Å². The maximum Gasteiger partial charge on any atom is 0.573 e. The van der Waals surface area contributed by atoms with E-state index in [9.17, 15) is 18.0 Å². The zero-order valence-corrected chi connectivity index (χ0v) is 10.0. The van der Waals surface area contributed by atoms with Crippen LogP contribution >= 0.6 is 15.9 Å². The minimum Gasteiger partial charge on any atom is -0.481 e. The van der Waals surface area contributed by atoms with E-state index in [0.717, 1.165) is 6.07 Å². The molecule has 0 saturated heterocycles. The number of hydrogen-bond donors (Lipinski definition) is 1. The molecule has 3 nitrogen and oxygen atoms in total. The van der Waals surface area contributed by atoms with Crippen LogP contribution in [0.5, 0.6) is 5.75 Å². The average Bonchev–Trinajstić information content (AvgIpc) is 2.16. The number of rotatable bonds is 4. The van der Waals surface area contributed by atoms with Crippen molar-refractivity contribution in [3.05, 3.63) is 28.2 Å². The zero-order chi connectivity index (χ0) is 13.1. The Hall–Kier alpha value is -1.24. The zero-order valence-electron chi connectivity index (χ0n) is 8.42. The molecule has 0 amide bonds. The minimum absolute atomic E-state index is 0.130. The molecule has 1 aromatic carbocycles. The largest absolute Gasteiger partial charge is 0.573 e. The molecule has 0 aliphatic carbocycles. The highest BCUT2D eigenvalue weighted by atomic mass is 79.9. The highest BCUT2D eigenvalue weighted by molar-refractivity contribution is 9.10. The number of carbonyl (C=O) groups is 1. The first-order valence-electron chi connectivity index (χ1n) is 4.54. The first-order valence-corrected chi connectivity index (χ1v) is 5.33. The van der Waals surface area contributed by atoms with Crippen LogP contribution in [-0.2, 0) is 11.2 Å². The van der Waals surface area contributed by atoms with Crippen molar-refractivity contribution in [1.29, 1.82) is 0 Å². The van der Waals surface area contributed by atoms with Crippen molar-refractivity contribution in [1.82, 2.24) is 0 Å². The van der Waals surface area contributed by atoms with E-state index in [4.69, 9.17) is 5.11 Å². The van der Waals surface area contributed by atoms with E-state index in [1.807, 2.05) is 0 Å². The molecule has 0 atom stereocenters. The molecule has 0 aliphatic heterocycles. The summed E-state index contributed by atoms with van der Waals surface area (Å²) in [5.41, 5.74) is 0.453. The molecule has 1 aromatic rings. The van der Waals surface area contributed by atoms with Crippen molar-refractivity contribution in [3.8, 4) is 5.75 Å². The third-order valence-electron chi connectivity index (χ3n) is 1.86. The maximum atomic E-state index is 12.0. The van der Waals surface area contributed by atoms with Gasteiger partial charge in [0.1, 0.15) is 5.75 Å². The lowest BCUT2D eigenvalue weighted by Crippen LogP contribution is -2.17. The fraction of sp³-hybridized carbons (Fsp3) is 0.300. The van der Waals surface area contributed by atoms with Crippen LogP contribution in [0.2, 0.25) is 0 Å². The van der Waals surface area contributed by atoms with Crippen LogP contribution in [0.15, 0.2) is 22.7 Å². The molecule has 1 rings (SSSR count). The standard InChI is InChI=1S/C10H8BrF3O3/c11-8-3-2-7(17-10(12,13)14)5-6(8)1-4-9(15)16/h2-3,5H,1,4H2,(H,15,16). The number of halogens is 4. The van der Waals surface area contributed by atoms with Gasteiger partial charge >= 0.3 is 12.3 Å². The van der Waals surface area contributed by atoms with Gasteiger partial charge in [0.2, 0.25) is 0 Å². The van der Waals surface area contributed by atoms with E-state index >= 15 is 0 Å². The molecule has 7 heteroatoms. The Kier molecular flexibility index (Phi) is 4.39. The van der Waals surface area contributed by atoms with Gasteiger partial charge in [-0.2, -0.15) is 0 Å². The number of aliphatic carboxylic acids is 1. The number of carboxylic acid groups (broad SMARTS) is 1. The second-order valence-electron chi connectivity index (χ2n) is 3.19. The lowest BCUT2D eigenvalue weighted by atomic mass is 10.1. The molecule has 17 heavy (non-hydrogen) atoms. The summed E-state index contributed by atoms with van der Waals surface area (Å²) in [7, 11) is 0. The van der Waals surface area contributed by atoms with Crippen molar-refractivity contribution in [2.24, 2.45) is 0 Å². The minimum atomic E-state index is -4.75. The Morgan fingerprint density at radius 2 is 2.06 bits per heavy atom. The fourth-order valence-corrected chi connectivity index (χ4v) is 1.63. The lowest BCUT2D eigenvalue weighted by Gasteiger charge is -2.11. The molecule has 0 aromatic heterocycles. The number of ether oxygens (including phenoxy) is 1. The number of hydrogen-bond acceptors (Lipinski definition) is 2. The van der Waals surface area contributed by atoms with Crippen LogP contribution in [0.25, 0.3) is 0 Å². The SMILES string of the molecule is O=C(O)CCc1cc(OC(F)(F)F)ccc1Br. The number of alkyl halides is 3.